The third kappa shape index (κ3) is 3.49. The normalized spacial score (nSPS) is 30.6. The highest BCUT2D eigenvalue weighted by Crippen LogP contribution is 2.31. The summed E-state index contributed by atoms with van der Waals surface area (Å²) >= 11 is 1.90. The molecule has 20 heavy (non-hydrogen) atoms. The summed E-state index contributed by atoms with van der Waals surface area (Å²) in [5.41, 5.74) is 0.274. The van der Waals surface area contributed by atoms with Gasteiger partial charge in [0.2, 0.25) is 0 Å². The molecular formula is C15H27N3OS. The number of amidine groups is 1. The first-order chi connectivity index (χ1) is 9.77. The lowest BCUT2D eigenvalue weighted by atomic mass is 9.93. The van der Waals surface area contributed by atoms with Gasteiger partial charge in [-0.05, 0) is 45.7 Å². The van der Waals surface area contributed by atoms with Gasteiger partial charge in [-0.1, -0.05) is 18.2 Å². The summed E-state index contributed by atoms with van der Waals surface area (Å²) in [5.74, 6) is 1.16. The van der Waals surface area contributed by atoms with Crippen molar-refractivity contribution in [3.8, 4) is 0 Å². The number of ether oxygens (including phenoxy) is 1. The van der Waals surface area contributed by atoms with E-state index in [1.807, 2.05) is 11.8 Å². The molecule has 5 heteroatoms. The van der Waals surface area contributed by atoms with E-state index in [2.05, 4.69) is 17.1 Å². The van der Waals surface area contributed by atoms with Gasteiger partial charge < -0.3 is 10.1 Å². The number of nitrogens with zero attached hydrogens (tertiary/aromatic N) is 2. The molecule has 0 aromatic carbocycles. The maximum Gasteiger partial charge on any atom is 0.157 e. The van der Waals surface area contributed by atoms with Crippen LogP contribution in [0.25, 0.3) is 0 Å². The number of hydrogen-bond donors (Lipinski definition) is 1. The molecule has 3 aliphatic rings. The topological polar surface area (TPSA) is 36.9 Å². The minimum atomic E-state index is 0.274. The van der Waals surface area contributed by atoms with Crippen molar-refractivity contribution in [2.24, 2.45) is 4.99 Å². The molecule has 3 rings (SSSR count). The summed E-state index contributed by atoms with van der Waals surface area (Å²) in [6, 6.07) is 0.580. The van der Waals surface area contributed by atoms with Crippen molar-refractivity contribution in [2.45, 2.75) is 50.6 Å². The molecule has 0 aromatic rings. The van der Waals surface area contributed by atoms with Crippen LogP contribution in [0.4, 0.5) is 0 Å². The number of rotatable bonds is 3. The van der Waals surface area contributed by atoms with Gasteiger partial charge in [0, 0.05) is 25.0 Å². The van der Waals surface area contributed by atoms with E-state index in [1.165, 1.54) is 32.4 Å². The fourth-order valence-corrected chi connectivity index (χ4v) is 4.54. The first kappa shape index (κ1) is 14.7. The molecule has 0 aliphatic carbocycles. The number of piperidine rings is 1. The zero-order valence-electron chi connectivity index (χ0n) is 12.6. The fraction of sp³-hybridized carbons (Fsp3) is 0.933. The number of aliphatic imine (C=N–C) groups is 1. The van der Waals surface area contributed by atoms with Crippen LogP contribution in [0.15, 0.2) is 4.99 Å². The molecule has 0 radical (unpaired) electrons. The Balaban J connectivity index is 1.49. The lowest BCUT2D eigenvalue weighted by molar-refractivity contribution is 0.0555. The summed E-state index contributed by atoms with van der Waals surface area (Å²) in [6.07, 6.45) is 6.37. The molecule has 114 valence electrons. The minimum absolute atomic E-state index is 0.274. The van der Waals surface area contributed by atoms with Crippen molar-refractivity contribution < 1.29 is 4.74 Å². The Bertz CT molecular complexity index is 349. The Hall–Kier alpha value is -0.260. The van der Waals surface area contributed by atoms with Gasteiger partial charge >= 0.3 is 0 Å². The highest BCUT2D eigenvalue weighted by molar-refractivity contribution is 8.14. The van der Waals surface area contributed by atoms with Crippen LogP contribution in [0, 0.1) is 0 Å². The number of nitrogens with one attached hydrogen (secondary N) is 1. The van der Waals surface area contributed by atoms with Gasteiger partial charge in [-0.25, -0.2) is 0 Å². The second-order valence-electron chi connectivity index (χ2n) is 6.40. The highest BCUT2D eigenvalue weighted by Gasteiger charge is 2.38. The summed E-state index contributed by atoms with van der Waals surface area (Å²) in [6.45, 7) is 7.55. The summed E-state index contributed by atoms with van der Waals surface area (Å²) in [4.78, 5) is 7.43. The van der Waals surface area contributed by atoms with Gasteiger partial charge in [-0.3, -0.25) is 9.89 Å². The third-order valence-corrected chi connectivity index (χ3v) is 6.02. The van der Waals surface area contributed by atoms with E-state index in [0.29, 0.717) is 6.04 Å². The largest absolute Gasteiger partial charge is 0.381 e. The highest BCUT2D eigenvalue weighted by atomic mass is 32.2. The summed E-state index contributed by atoms with van der Waals surface area (Å²) in [7, 11) is 0. The number of likely N-dealkylation sites (tertiary alicyclic amines) is 1. The van der Waals surface area contributed by atoms with Crippen molar-refractivity contribution >= 4 is 16.9 Å². The average molecular weight is 297 g/mol. The Morgan fingerprint density at radius 1 is 1.30 bits per heavy atom. The molecule has 1 atom stereocenters. The summed E-state index contributed by atoms with van der Waals surface area (Å²) < 4.78 is 5.47. The van der Waals surface area contributed by atoms with Gasteiger partial charge in [0.05, 0.1) is 12.1 Å². The van der Waals surface area contributed by atoms with Gasteiger partial charge in [0.15, 0.2) is 5.17 Å². The number of thioether (sulfide) groups is 1. The molecule has 1 spiro atoms. The molecule has 1 unspecified atom stereocenters. The molecule has 3 heterocycles. The van der Waals surface area contributed by atoms with E-state index >= 15 is 0 Å². The molecule has 0 aromatic heterocycles. The lowest BCUT2D eigenvalue weighted by Gasteiger charge is -2.33. The monoisotopic (exact) mass is 297 g/mol. The zero-order valence-corrected chi connectivity index (χ0v) is 13.4. The molecule has 0 bridgehead atoms. The molecular weight excluding hydrogens is 270 g/mol. The molecule has 0 amide bonds. The van der Waals surface area contributed by atoms with Crippen LogP contribution in [0.1, 0.15) is 39.0 Å². The first-order valence-corrected chi connectivity index (χ1v) is 9.03. The molecule has 4 nitrogen and oxygen atoms in total. The lowest BCUT2D eigenvalue weighted by Crippen LogP contribution is -2.48. The van der Waals surface area contributed by atoms with Gasteiger partial charge in [0.1, 0.15) is 0 Å². The van der Waals surface area contributed by atoms with Gasteiger partial charge in [-0.15, -0.1) is 0 Å². The van der Waals surface area contributed by atoms with Crippen LogP contribution in [0.5, 0.6) is 0 Å². The Morgan fingerprint density at radius 2 is 2.05 bits per heavy atom. The van der Waals surface area contributed by atoms with Crippen LogP contribution in [-0.2, 0) is 4.74 Å². The standard InChI is InChI=1S/C15H27N3OS/c1-13(18-7-3-2-4-8-18)11-16-14-17-15(12-20-14)5-9-19-10-6-15/h13H,2-12H2,1H3,(H,16,17). The Kier molecular flexibility index (Phi) is 4.89. The average Bonchev–Trinajstić information content (AvgIpc) is 2.89. The second kappa shape index (κ2) is 6.67. The Labute approximate surface area is 126 Å². The quantitative estimate of drug-likeness (QED) is 0.865. The maximum absolute atomic E-state index is 5.47. The second-order valence-corrected chi connectivity index (χ2v) is 7.36. The van der Waals surface area contributed by atoms with E-state index in [0.717, 1.165) is 43.5 Å². The molecule has 3 aliphatic heterocycles. The summed E-state index contributed by atoms with van der Waals surface area (Å²) in [5, 5.41) is 4.84. The molecule has 3 saturated heterocycles. The van der Waals surface area contributed by atoms with Crippen molar-refractivity contribution in [3.63, 3.8) is 0 Å². The van der Waals surface area contributed by atoms with Crippen LogP contribution in [0.2, 0.25) is 0 Å². The Morgan fingerprint density at radius 3 is 2.80 bits per heavy atom. The van der Waals surface area contributed by atoms with Crippen molar-refractivity contribution in [3.05, 3.63) is 0 Å². The van der Waals surface area contributed by atoms with Crippen molar-refractivity contribution in [1.82, 2.24) is 10.2 Å². The van der Waals surface area contributed by atoms with Crippen molar-refractivity contribution in [2.75, 3.05) is 38.6 Å². The predicted octanol–water partition coefficient (Wildman–Crippen LogP) is 2.10. The fourth-order valence-electron chi connectivity index (χ4n) is 3.31. The van der Waals surface area contributed by atoms with Crippen LogP contribution in [0.3, 0.4) is 0 Å². The first-order valence-electron chi connectivity index (χ1n) is 8.05. The third-order valence-electron chi connectivity index (χ3n) is 4.82. The van der Waals surface area contributed by atoms with E-state index < -0.39 is 0 Å². The van der Waals surface area contributed by atoms with Crippen LogP contribution < -0.4 is 5.32 Å². The minimum Gasteiger partial charge on any atom is -0.381 e. The smallest absolute Gasteiger partial charge is 0.157 e. The van der Waals surface area contributed by atoms with Crippen molar-refractivity contribution in [1.29, 1.82) is 0 Å². The van der Waals surface area contributed by atoms with Gasteiger partial charge in [0.25, 0.3) is 0 Å². The van der Waals surface area contributed by atoms with E-state index in [1.54, 1.807) is 0 Å². The maximum atomic E-state index is 5.47. The molecule has 0 saturated carbocycles. The SMILES string of the molecule is CC(CN=C1NC2(CCOCC2)CS1)N1CCCCC1. The van der Waals surface area contributed by atoms with Crippen LogP contribution >= 0.6 is 11.8 Å². The van der Waals surface area contributed by atoms with Crippen LogP contribution in [-0.4, -0.2) is 60.2 Å². The van der Waals surface area contributed by atoms with E-state index in [9.17, 15) is 0 Å². The number of hydrogen-bond acceptors (Lipinski definition) is 4. The zero-order chi connectivity index (χ0) is 13.8. The van der Waals surface area contributed by atoms with E-state index in [4.69, 9.17) is 9.73 Å². The molecule has 1 N–H and O–H groups in total. The predicted molar refractivity (Wildman–Crippen MR) is 85.6 cm³/mol. The molecule has 3 fully saturated rings. The van der Waals surface area contributed by atoms with E-state index in [-0.39, 0.29) is 5.54 Å². The van der Waals surface area contributed by atoms with Gasteiger partial charge in [-0.2, -0.15) is 0 Å².